The molecule has 0 bridgehead atoms. The molecule has 19 heavy (non-hydrogen) atoms. The van der Waals surface area contributed by atoms with E-state index in [1.807, 2.05) is 0 Å². The number of carbonyl (C=O) groups is 1. The Labute approximate surface area is 125 Å². The van der Waals surface area contributed by atoms with Gasteiger partial charge in [0.2, 0.25) is 0 Å². The van der Waals surface area contributed by atoms with E-state index in [9.17, 15) is 4.79 Å². The molecule has 2 rings (SSSR count). The molecule has 0 unspecified atom stereocenters. The minimum atomic E-state index is -0.0916. The van der Waals surface area contributed by atoms with Gasteiger partial charge in [-0.15, -0.1) is 0 Å². The van der Waals surface area contributed by atoms with Crippen molar-refractivity contribution in [3.8, 4) is 11.5 Å². The van der Waals surface area contributed by atoms with Crippen LogP contribution in [0.2, 0.25) is 15.1 Å². The number of ketones is 1. The highest BCUT2D eigenvalue weighted by molar-refractivity contribution is 6.42. The Balaban J connectivity index is 2.26. The lowest BCUT2D eigenvalue weighted by molar-refractivity contribution is 0.101. The van der Waals surface area contributed by atoms with Gasteiger partial charge in [-0.05, 0) is 31.2 Å². The van der Waals surface area contributed by atoms with Crippen LogP contribution in [0.25, 0.3) is 0 Å². The fraction of sp³-hybridized carbons (Fsp3) is 0.0714. The Hall–Kier alpha value is -1.22. The van der Waals surface area contributed by atoms with Crippen LogP contribution < -0.4 is 4.74 Å². The van der Waals surface area contributed by atoms with Crippen molar-refractivity contribution in [3.63, 3.8) is 0 Å². The molecule has 0 saturated carbocycles. The molecule has 0 N–H and O–H groups in total. The molecule has 98 valence electrons. The predicted octanol–water partition coefficient (Wildman–Crippen LogP) is 5.64. The second-order valence-corrected chi connectivity index (χ2v) is 5.10. The van der Waals surface area contributed by atoms with Crippen LogP contribution in [0, 0.1) is 0 Å². The summed E-state index contributed by atoms with van der Waals surface area (Å²) in [6.07, 6.45) is 0. The predicted molar refractivity (Wildman–Crippen MR) is 78.0 cm³/mol. The van der Waals surface area contributed by atoms with Crippen LogP contribution >= 0.6 is 34.8 Å². The Morgan fingerprint density at radius 1 is 0.895 bits per heavy atom. The average molecular weight is 316 g/mol. The van der Waals surface area contributed by atoms with Gasteiger partial charge in [-0.1, -0.05) is 34.8 Å². The van der Waals surface area contributed by atoms with Gasteiger partial charge >= 0.3 is 0 Å². The van der Waals surface area contributed by atoms with Crippen molar-refractivity contribution in [1.82, 2.24) is 0 Å². The highest BCUT2D eigenvalue weighted by Crippen LogP contribution is 2.31. The van der Waals surface area contributed by atoms with Crippen LogP contribution in [-0.4, -0.2) is 5.78 Å². The number of carbonyl (C=O) groups excluding carboxylic acids is 1. The molecule has 0 atom stereocenters. The molecule has 0 spiro atoms. The summed E-state index contributed by atoms with van der Waals surface area (Å²) in [5.41, 5.74) is 0.461. The van der Waals surface area contributed by atoms with Crippen LogP contribution in [0.1, 0.15) is 17.3 Å². The first-order valence-electron chi connectivity index (χ1n) is 5.41. The Morgan fingerprint density at radius 2 is 1.47 bits per heavy atom. The molecule has 0 fully saturated rings. The van der Waals surface area contributed by atoms with E-state index >= 15 is 0 Å². The number of benzene rings is 2. The first-order valence-corrected chi connectivity index (χ1v) is 6.54. The van der Waals surface area contributed by atoms with E-state index in [1.54, 1.807) is 36.4 Å². The summed E-state index contributed by atoms with van der Waals surface area (Å²) in [6.45, 7) is 1.46. The van der Waals surface area contributed by atoms with Gasteiger partial charge in [0.05, 0.1) is 15.1 Å². The topological polar surface area (TPSA) is 26.3 Å². The standard InChI is InChI=1S/C14H9Cl3O2/c1-8(18)11-4-2-9(6-13(11)16)19-10-3-5-12(15)14(17)7-10/h2-7H,1H3. The second-order valence-electron chi connectivity index (χ2n) is 3.88. The maximum atomic E-state index is 11.3. The zero-order chi connectivity index (χ0) is 14.0. The van der Waals surface area contributed by atoms with Gasteiger partial charge in [0.15, 0.2) is 5.78 Å². The van der Waals surface area contributed by atoms with Crippen molar-refractivity contribution < 1.29 is 9.53 Å². The van der Waals surface area contributed by atoms with Crippen LogP contribution in [-0.2, 0) is 0 Å². The number of ether oxygens (including phenoxy) is 1. The van der Waals surface area contributed by atoms with Gasteiger partial charge in [-0.2, -0.15) is 0 Å². The smallest absolute Gasteiger partial charge is 0.161 e. The summed E-state index contributed by atoms with van der Waals surface area (Å²) in [7, 11) is 0. The molecule has 0 amide bonds. The lowest BCUT2D eigenvalue weighted by Crippen LogP contribution is -1.93. The van der Waals surface area contributed by atoms with E-state index in [4.69, 9.17) is 39.5 Å². The van der Waals surface area contributed by atoms with Gasteiger partial charge in [0, 0.05) is 17.7 Å². The van der Waals surface area contributed by atoms with E-state index < -0.39 is 0 Å². The van der Waals surface area contributed by atoms with E-state index in [1.165, 1.54) is 6.92 Å². The number of Topliss-reactive ketones (excluding diaryl/α,β-unsaturated/α-hetero) is 1. The lowest BCUT2D eigenvalue weighted by atomic mass is 10.1. The first-order chi connectivity index (χ1) is 8.97. The number of rotatable bonds is 3. The molecule has 2 aromatic carbocycles. The van der Waals surface area contributed by atoms with Crippen molar-refractivity contribution >= 4 is 40.6 Å². The SMILES string of the molecule is CC(=O)c1ccc(Oc2ccc(Cl)c(Cl)c2)cc1Cl. The molecular formula is C14H9Cl3O2. The van der Waals surface area contributed by atoms with Gasteiger partial charge < -0.3 is 4.74 Å². The fourth-order valence-corrected chi connectivity index (χ4v) is 2.11. The van der Waals surface area contributed by atoms with E-state index in [-0.39, 0.29) is 5.78 Å². The van der Waals surface area contributed by atoms with E-state index in [2.05, 4.69) is 0 Å². The van der Waals surface area contributed by atoms with Gasteiger partial charge in [0.25, 0.3) is 0 Å². The van der Waals surface area contributed by atoms with Crippen molar-refractivity contribution in [3.05, 3.63) is 57.0 Å². The minimum absolute atomic E-state index is 0.0916. The molecule has 0 aliphatic carbocycles. The van der Waals surface area contributed by atoms with Gasteiger partial charge in [-0.3, -0.25) is 4.79 Å². The maximum absolute atomic E-state index is 11.3. The van der Waals surface area contributed by atoms with Crippen molar-refractivity contribution in [2.45, 2.75) is 6.92 Å². The summed E-state index contributed by atoms with van der Waals surface area (Å²) < 4.78 is 5.59. The molecule has 0 aromatic heterocycles. The largest absolute Gasteiger partial charge is 0.457 e. The molecule has 2 aromatic rings. The molecular weight excluding hydrogens is 307 g/mol. The minimum Gasteiger partial charge on any atom is -0.457 e. The van der Waals surface area contributed by atoms with Crippen LogP contribution in [0.15, 0.2) is 36.4 Å². The number of hydrogen-bond acceptors (Lipinski definition) is 2. The Morgan fingerprint density at radius 3 is 2.00 bits per heavy atom. The van der Waals surface area contributed by atoms with Crippen molar-refractivity contribution in [2.75, 3.05) is 0 Å². The normalized spacial score (nSPS) is 10.3. The molecule has 0 aliphatic heterocycles. The summed E-state index contributed by atoms with van der Waals surface area (Å²) in [6, 6.07) is 9.83. The third-order valence-corrected chi connectivity index (χ3v) is 3.50. The third-order valence-electron chi connectivity index (χ3n) is 2.45. The summed E-state index contributed by atoms with van der Waals surface area (Å²) >= 11 is 17.7. The van der Waals surface area contributed by atoms with Crippen LogP contribution in [0.5, 0.6) is 11.5 Å². The third kappa shape index (κ3) is 3.41. The molecule has 5 heteroatoms. The second kappa shape index (κ2) is 5.83. The van der Waals surface area contributed by atoms with Crippen molar-refractivity contribution in [1.29, 1.82) is 0 Å². The van der Waals surface area contributed by atoms with Crippen molar-refractivity contribution in [2.24, 2.45) is 0 Å². The van der Waals surface area contributed by atoms with Gasteiger partial charge in [0.1, 0.15) is 11.5 Å². The zero-order valence-electron chi connectivity index (χ0n) is 9.91. The number of halogens is 3. The molecule has 2 nitrogen and oxygen atoms in total. The Kier molecular flexibility index (Phi) is 4.35. The first kappa shape index (κ1) is 14.2. The summed E-state index contributed by atoms with van der Waals surface area (Å²) in [5.74, 6) is 0.973. The maximum Gasteiger partial charge on any atom is 0.161 e. The Bertz CT molecular complexity index is 639. The van der Waals surface area contributed by atoms with E-state index in [0.29, 0.717) is 32.1 Å². The molecule has 0 saturated heterocycles. The monoisotopic (exact) mass is 314 g/mol. The fourth-order valence-electron chi connectivity index (χ4n) is 1.52. The number of hydrogen-bond donors (Lipinski definition) is 0. The lowest BCUT2D eigenvalue weighted by Gasteiger charge is -2.08. The van der Waals surface area contributed by atoms with Crippen LogP contribution in [0.4, 0.5) is 0 Å². The summed E-state index contributed by atoms with van der Waals surface area (Å²) in [5, 5.41) is 1.22. The zero-order valence-corrected chi connectivity index (χ0v) is 12.2. The van der Waals surface area contributed by atoms with Crippen LogP contribution in [0.3, 0.4) is 0 Å². The van der Waals surface area contributed by atoms with E-state index in [0.717, 1.165) is 0 Å². The highest BCUT2D eigenvalue weighted by Gasteiger charge is 2.08. The molecule has 0 radical (unpaired) electrons. The summed E-state index contributed by atoms with van der Waals surface area (Å²) in [4.78, 5) is 11.3. The highest BCUT2D eigenvalue weighted by atomic mass is 35.5. The molecule has 0 aliphatic rings. The average Bonchev–Trinajstić information content (AvgIpc) is 2.33. The quantitative estimate of drug-likeness (QED) is 0.685. The molecule has 0 heterocycles. The van der Waals surface area contributed by atoms with Gasteiger partial charge in [-0.25, -0.2) is 0 Å².